The van der Waals surface area contributed by atoms with Crippen molar-refractivity contribution in [3.8, 4) is 0 Å². The molecule has 0 radical (unpaired) electrons. The van der Waals surface area contributed by atoms with E-state index < -0.39 is 4.92 Å². The third-order valence-electron chi connectivity index (χ3n) is 3.50. The number of nitrogens with zero attached hydrogens (tertiary/aromatic N) is 3. The van der Waals surface area contributed by atoms with Crippen molar-refractivity contribution in [2.24, 2.45) is 10.2 Å². The third kappa shape index (κ3) is 6.96. The standard InChI is InChI=1S/C19H14N4O3.C2H6O/c24-19(14-4-2-1-3-5-14)20-15-6-8-16(9-7-15)21-22-17-10-12-18(13-11-17)23(25)26;1-3-2/h1-13H,(H,20,24);1-2H3. The zero-order valence-corrected chi connectivity index (χ0v) is 16.0. The molecule has 3 aromatic rings. The van der Waals surface area contributed by atoms with Gasteiger partial charge in [0.1, 0.15) is 0 Å². The number of rotatable bonds is 5. The van der Waals surface area contributed by atoms with E-state index in [0.29, 0.717) is 22.6 Å². The summed E-state index contributed by atoms with van der Waals surface area (Å²) in [5, 5.41) is 21.5. The topological polar surface area (TPSA) is 106 Å². The molecule has 0 saturated carbocycles. The van der Waals surface area contributed by atoms with Crippen molar-refractivity contribution in [2.75, 3.05) is 19.5 Å². The van der Waals surface area contributed by atoms with Crippen LogP contribution in [-0.4, -0.2) is 25.1 Å². The van der Waals surface area contributed by atoms with Gasteiger partial charge >= 0.3 is 0 Å². The molecule has 8 heteroatoms. The summed E-state index contributed by atoms with van der Waals surface area (Å²) in [5.41, 5.74) is 2.34. The van der Waals surface area contributed by atoms with Gasteiger partial charge in [0.25, 0.3) is 11.6 Å². The summed E-state index contributed by atoms with van der Waals surface area (Å²) in [7, 11) is 3.25. The molecule has 0 aromatic heterocycles. The van der Waals surface area contributed by atoms with E-state index in [4.69, 9.17) is 0 Å². The average Bonchev–Trinajstić information content (AvgIpc) is 2.75. The molecule has 0 heterocycles. The minimum absolute atomic E-state index is 0.00228. The molecule has 0 aliphatic heterocycles. The maximum absolute atomic E-state index is 12.1. The number of hydrogen-bond donors (Lipinski definition) is 1. The normalized spacial score (nSPS) is 10.1. The van der Waals surface area contributed by atoms with Crippen LogP contribution < -0.4 is 5.32 Å². The van der Waals surface area contributed by atoms with Gasteiger partial charge in [0, 0.05) is 37.6 Å². The van der Waals surface area contributed by atoms with Gasteiger partial charge in [-0.2, -0.15) is 10.2 Å². The lowest BCUT2D eigenvalue weighted by Gasteiger charge is -2.05. The molecule has 0 unspecified atom stereocenters. The summed E-state index contributed by atoms with van der Waals surface area (Å²) >= 11 is 0. The van der Waals surface area contributed by atoms with Crippen LogP contribution in [0.4, 0.5) is 22.7 Å². The Morgan fingerprint density at radius 1 is 0.862 bits per heavy atom. The van der Waals surface area contributed by atoms with Gasteiger partial charge in [-0.1, -0.05) is 18.2 Å². The number of methoxy groups -OCH3 is 1. The van der Waals surface area contributed by atoms with E-state index in [0.717, 1.165) is 0 Å². The number of amides is 1. The van der Waals surface area contributed by atoms with Gasteiger partial charge < -0.3 is 10.1 Å². The number of carbonyl (C=O) groups is 1. The van der Waals surface area contributed by atoms with Crippen LogP contribution in [0.15, 0.2) is 89.1 Å². The number of hydrogen-bond acceptors (Lipinski definition) is 6. The molecular weight excluding hydrogens is 372 g/mol. The average molecular weight is 392 g/mol. The highest BCUT2D eigenvalue weighted by molar-refractivity contribution is 6.04. The molecule has 1 amide bonds. The number of benzene rings is 3. The lowest BCUT2D eigenvalue weighted by molar-refractivity contribution is -0.384. The van der Waals surface area contributed by atoms with Gasteiger partial charge in [-0.15, -0.1) is 0 Å². The van der Waals surface area contributed by atoms with Gasteiger partial charge in [-0.25, -0.2) is 0 Å². The van der Waals surface area contributed by atoms with Crippen LogP contribution in [0, 0.1) is 10.1 Å². The summed E-state index contributed by atoms with van der Waals surface area (Å²) in [6.07, 6.45) is 0. The van der Waals surface area contributed by atoms with Crippen molar-refractivity contribution >= 4 is 28.7 Å². The second-order valence-electron chi connectivity index (χ2n) is 5.75. The van der Waals surface area contributed by atoms with Gasteiger partial charge in [0.15, 0.2) is 0 Å². The Morgan fingerprint density at radius 2 is 1.34 bits per heavy atom. The van der Waals surface area contributed by atoms with E-state index >= 15 is 0 Å². The van der Waals surface area contributed by atoms with Crippen molar-refractivity contribution in [2.45, 2.75) is 0 Å². The number of anilines is 1. The van der Waals surface area contributed by atoms with Crippen LogP contribution in [0.2, 0.25) is 0 Å². The first-order valence-corrected chi connectivity index (χ1v) is 8.56. The molecule has 0 aliphatic rings. The summed E-state index contributed by atoms with van der Waals surface area (Å²) in [4.78, 5) is 22.2. The summed E-state index contributed by atoms with van der Waals surface area (Å²) < 4.78 is 4.25. The number of non-ortho nitro benzene ring substituents is 1. The molecular formula is C21H20N4O4. The second-order valence-corrected chi connectivity index (χ2v) is 5.75. The van der Waals surface area contributed by atoms with Crippen LogP contribution >= 0.6 is 0 Å². The van der Waals surface area contributed by atoms with E-state index in [1.807, 2.05) is 6.07 Å². The quantitative estimate of drug-likeness (QED) is 0.350. The number of nitro benzene ring substituents is 1. The molecule has 0 saturated heterocycles. The Labute approximate surface area is 168 Å². The van der Waals surface area contributed by atoms with E-state index in [1.165, 1.54) is 24.3 Å². The minimum Gasteiger partial charge on any atom is -0.388 e. The molecule has 8 nitrogen and oxygen atoms in total. The molecule has 3 aromatic carbocycles. The van der Waals surface area contributed by atoms with Crippen LogP contribution in [0.25, 0.3) is 0 Å². The lowest BCUT2D eigenvalue weighted by atomic mass is 10.2. The Kier molecular flexibility index (Phi) is 8.15. The first kappa shape index (κ1) is 21.4. The molecule has 148 valence electrons. The first-order valence-electron chi connectivity index (χ1n) is 8.56. The van der Waals surface area contributed by atoms with Crippen molar-refractivity contribution in [3.05, 3.63) is 94.5 Å². The fourth-order valence-electron chi connectivity index (χ4n) is 2.16. The monoisotopic (exact) mass is 392 g/mol. The molecule has 0 bridgehead atoms. The van der Waals surface area contributed by atoms with Gasteiger partial charge in [0.05, 0.1) is 16.3 Å². The van der Waals surface area contributed by atoms with Crippen LogP contribution in [0.3, 0.4) is 0 Å². The van der Waals surface area contributed by atoms with Gasteiger partial charge in [-0.05, 0) is 48.5 Å². The highest BCUT2D eigenvalue weighted by Gasteiger charge is 2.05. The van der Waals surface area contributed by atoms with Crippen molar-refractivity contribution < 1.29 is 14.5 Å². The summed E-state index contributed by atoms with van der Waals surface area (Å²) in [6, 6.07) is 21.6. The lowest BCUT2D eigenvalue weighted by Crippen LogP contribution is -2.11. The van der Waals surface area contributed by atoms with E-state index in [9.17, 15) is 14.9 Å². The predicted octanol–water partition coefficient (Wildman–Crippen LogP) is 5.53. The Balaban J connectivity index is 0.000000941. The van der Waals surface area contributed by atoms with Crippen molar-refractivity contribution in [1.82, 2.24) is 0 Å². The Bertz CT molecular complexity index is 956. The maximum atomic E-state index is 12.1. The third-order valence-corrected chi connectivity index (χ3v) is 3.50. The number of ether oxygens (including phenoxy) is 1. The highest BCUT2D eigenvalue weighted by Crippen LogP contribution is 2.22. The minimum atomic E-state index is -0.469. The molecule has 0 fully saturated rings. The fourth-order valence-corrected chi connectivity index (χ4v) is 2.16. The van der Waals surface area contributed by atoms with Gasteiger partial charge in [0.2, 0.25) is 0 Å². The highest BCUT2D eigenvalue weighted by atomic mass is 16.6. The molecule has 0 spiro atoms. The van der Waals surface area contributed by atoms with Crippen molar-refractivity contribution in [1.29, 1.82) is 0 Å². The smallest absolute Gasteiger partial charge is 0.269 e. The SMILES string of the molecule is COC.O=C(Nc1ccc(N=Nc2ccc([N+](=O)[O-])cc2)cc1)c1ccccc1. The van der Waals surface area contributed by atoms with Crippen molar-refractivity contribution in [3.63, 3.8) is 0 Å². The Morgan fingerprint density at radius 3 is 1.83 bits per heavy atom. The van der Waals surface area contributed by atoms with Crippen LogP contribution in [-0.2, 0) is 4.74 Å². The molecule has 1 N–H and O–H groups in total. The van der Waals surface area contributed by atoms with E-state index in [-0.39, 0.29) is 11.6 Å². The second kappa shape index (κ2) is 11.1. The molecule has 0 atom stereocenters. The zero-order valence-electron chi connectivity index (χ0n) is 16.0. The summed E-state index contributed by atoms with van der Waals surface area (Å²) in [6.45, 7) is 0. The Hall–Kier alpha value is -3.91. The van der Waals surface area contributed by atoms with Gasteiger partial charge in [-0.3, -0.25) is 14.9 Å². The zero-order chi connectivity index (χ0) is 21.1. The van der Waals surface area contributed by atoms with E-state index in [2.05, 4.69) is 20.3 Å². The first-order chi connectivity index (χ1) is 14.0. The van der Waals surface area contributed by atoms with Crippen LogP contribution in [0.1, 0.15) is 10.4 Å². The maximum Gasteiger partial charge on any atom is 0.269 e. The fraction of sp³-hybridized carbons (Fsp3) is 0.0952. The largest absolute Gasteiger partial charge is 0.388 e. The number of nitrogens with one attached hydrogen (secondary N) is 1. The summed E-state index contributed by atoms with van der Waals surface area (Å²) in [5.74, 6) is -0.189. The number of azo groups is 1. The molecule has 0 aliphatic carbocycles. The molecule has 3 rings (SSSR count). The molecule has 29 heavy (non-hydrogen) atoms. The predicted molar refractivity (Wildman–Crippen MR) is 111 cm³/mol. The van der Waals surface area contributed by atoms with E-state index in [1.54, 1.807) is 62.8 Å². The number of carbonyl (C=O) groups excluding carboxylic acids is 1. The van der Waals surface area contributed by atoms with Crippen LogP contribution in [0.5, 0.6) is 0 Å². The number of nitro groups is 1.